The lowest BCUT2D eigenvalue weighted by atomic mass is 9.90. The predicted octanol–water partition coefficient (Wildman–Crippen LogP) is 3.31. The zero-order valence-electron chi connectivity index (χ0n) is 12.9. The number of hydrogen-bond donors (Lipinski definition) is 2. The first-order valence-corrected chi connectivity index (χ1v) is 7.07. The molecule has 0 unspecified atom stereocenters. The number of allylic oxidation sites excluding steroid dienone is 1. The van der Waals surface area contributed by atoms with Crippen LogP contribution in [-0.2, 0) is 9.47 Å². The topological polar surface area (TPSA) is 67.8 Å². The number of aliphatic hydroxyl groups excluding tert-OH is 1. The predicted molar refractivity (Wildman–Crippen MR) is 73.5 cm³/mol. The third kappa shape index (κ3) is 4.79. The molecule has 0 radical (unpaired) electrons. The number of alkyl halides is 3. The van der Waals surface area contributed by atoms with E-state index in [9.17, 15) is 23.1 Å². The third-order valence-electron chi connectivity index (χ3n) is 3.66. The number of carbonyl (C=O) groups excluding carboxylic acids is 1. The van der Waals surface area contributed by atoms with Crippen molar-refractivity contribution >= 4 is 6.09 Å². The molecule has 1 amide bonds. The van der Waals surface area contributed by atoms with Crippen molar-refractivity contribution in [3.05, 3.63) is 11.8 Å². The molecule has 1 atom stereocenters. The fourth-order valence-corrected chi connectivity index (χ4v) is 2.11. The van der Waals surface area contributed by atoms with Gasteiger partial charge in [-0.2, -0.15) is 13.2 Å². The smallest absolute Gasteiger partial charge is 0.427 e. The van der Waals surface area contributed by atoms with Gasteiger partial charge in [-0.1, -0.05) is 0 Å². The zero-order valence-corrected chi connectivity index (χ0v) is 12.9. The quantitative estimate of drug-likeness (QED) is 0.778. The van der Waals surface area contributed by atoms with Crippen LogP contribution in [0.15, 0.2) is 11.8 Å². The molecule has 1 saturated heterocycles. The number of carbonyl (C=O) groups is 1. The van der Waals surface area contributed by atoms with E-state index in [0.29, 0.717) is 26.1 Å². The summed E-state index contributed by atoms with van der Waals surface area (Å²) in [6, 6.07) is -0.787. The van der Waals surface area contributed by atoms with Gasteiger partial charge in [-0.3, -0.25) is 0 Å². The first-order chi connectivity index (χ1) is 10.1. The summed E-state index contributed by atoms with van der Waals surface area (Å²) in [4.78, 5) is 11.8. The van der Waals surface area contributed by atoms with Crippen LogP contribution >= 0.6 is 0 Å². The van der Waals surface area contributed by atoms with Gasteiger partial charge in [0.05, 0.1) is 6.04 Å². The van der Waals surface area contributed by atoms with Crippen LogP contribution in [0.25, 0.3) is 0 Å². The Hall–Kier alpha value is -1.44. The monoisotopic (exact) mass is 325 g/mol. The molecule has 1 heterocycles. The lowest BCUT2D eigenvalue weighted by Crippen LogP contribution is -2.50. The van der Waals surface area contributed by atoms with Crippen LogP contribution in [0.1, 0.15) is 33.6 Å². The summed E-state index contributed by atoms with van der Waals surface area (Å²) in [5.41, 5.74) is -2.61. The van der Waals surface area contributed by atoms with E-state index in [4.69, 9.17) is 4.74 Å². The summed E-state index contributed by atoms with van der Waals surface area (Å²) in [6.07, 6.45) is -3.32. The van der Waals surface area contributed by atoms with Gasteiger partial charge >= 0.3 is 12.3 Å². The minimum atomic E-state index is -4.68. The van der Waals surface area contributed by atoms with E-state index < -0.39 is 23.9 Å². The number of aliphatic hydroxyl groups is 1. The Labute approximate surface area is 127 Å². The molecule has 128 valence electrons. The van der Waals surface area contributed by atoms with Crippen molar-refractivity contribution in [1.29, 1.82) is 0 Å². The Balaban J connectivity index is 2.75. The van der Waals surface area contributed by atoms with E-state index in [2.05, 4.69) is 10.1 Å². The molecule has 0 aromatic rings. The highest BCUT2D eigenvalue weighted by Gasteiger charge is 2.51. The van der Waals surface area contributed by atoms with E-state index in [1.54, 1.807) is 6.92 Å². The van der Waals surface area contributed by atoms with Crippen molar-refractivity contribution in [3.63, 3.8) is 0 Å². The summed E-state index contributed by atoms with van der Waals surface area (Å²) in [5, 5.41) is 12.2. The van der Waals surface area contributed by atoms with E-state index in [-0.39, 0.29) is 11.7 Å². The Bertz CT molecular complexity index is 415. The molecule has 0 bridgehead atoms. The van der Waals surface area contributed by atoms with Crippen LogP contribution in [0, 0.1) is 5.92 Å². The van der Waals surface area contributed by atoms with Gasteiger partial charge in [0.1, 0.15) is 5.76 Å². The standard InChI is InChI=1S/C14H22F3NO4/c1-4-10(19)11(9-5-7-21-8-6-9)18-12(20)22-13(2,3)14(15,16)17/h4,9,11,19H,5-8H2,1-3H3,(H,18,20)/b10-4-/t11-/m0/s1. The molecular formula is C14H22F3NO4. The highest BCUT2D eigenvalue weighted by Crippen LogP contribution is 2.33. The Morgan fingerprint density at radius 2 is 1.91 bits per heavy atom. The molecule has 2 N–H and O–H groups in total. The average Bonchev–Trinajstić information content (AvgIpc) is 2.43. The number of halogens is 3. The molecule has 0 aromatic heterocycles. The van der Waals surface area contributed by atoms with Crippen molar-refractivity contribution in [3.8, 4) is 0 Å². The first kappa shape index (κ1) is 18.6. The maximum absolute atomic E-state index is 12.7. The Morgan fingerprint density at radius 3 is 2.36 bits per heavy atom. The Morgan fingerprint density at radius 1 is 1.36 bits per heavy atom. The van der Waals surface area contributed by atoms with Gasteiger partial charge in [0.25, 0.3) is 0 Å². The van der Waals surface area contributed by atoms with Crippen LogP contribution in [0.5, 0.6) is 0 Å². The van der Waals surface area contributed by atoms with Crippen LogP contribution in [-0.4, -0.2) is 42.2 Å². The zero-order chi connectivity index (χ0) is 17.0. The molecule has 1 aliphatic heterocycles. The molecule has 0 aliphatic carbocycles. The van der Waals surface area contributed by atoms with Crippen molar-refractivity contribution in [2.75, 3.05) is 13.2 Å². The fourth-order valence-electron chi connectivity index (χ4n) is 2.11. The lowest BCUT2D eigenvalue weighted by Gasteiger charge is -2.32. The lowest BCUT2D eigenvalue weighted by molar-refractivity contribution is -0.244. The maximum Gasteiger partial charge on any atom is 0.427 e. The molecule has 8 heteroatoms. The molecule has 5 nitrogen and oxygen atoms in total. The summed E-state index contributed by atoms with van der Waals surface area (Å²) in [7, 11) is 0. The van der Waals surface area contributed by atoms with Crippen LogP contribution < -0.4 is 5.32 Å². The van der Waals surface area contributed by atoms with Gasteiger partial charge in [-0.25, -0.2) is 4.79 Å². The van der Waals surface area contributed by atoms with E-state index in [1.807, 2.05) is 0 Å². The molecule has 0 saturated carbocycles. The average molecular weight is 325 g/mol. The fraction of sp³-hybridized carbons (Fsp3) is 0.786. The van der Waals surface area contributed by atoms with Crippen molar-refractivity contribution in [2.24, 2.45) is 5.92 Å². The summed E-state index contributed by atoms with van der Waals surface area (Å²) < 4.78 is 47.9. The van der Waals surface area contributed by atoms with E-state index in [0.717, 1.165) is 13.8 Å². The second-order valence-electron chi connectivity index (χ2n) is 5.68. The number of amides is 1. The molecule has 22 heavy (non-hydrogen) atoms. The van der Waals surface area contributed by atoms with Crippen molar-refractivity contribution < 1.29 is 32.5 Å². The molecule has 0 spiro atoms. The largest absolute Gasteiger partial charge is 0.510 e. The summed E-state index contributed by atoms with van der Waals surface area (Å²) >= 11 is 0. The number of alkyl carbamates (subject to hydrolysis) is 1. The second kappa shape index (κ2) is 7.21. The van der Waals surface area contributed by atoms with E-state index >= 15 is 0 Å². The number of nitrogens with one attached hydrogen (secondary N) is 1. The number of ether oxygens (including phenoxy) is 2. The number of hydrogen-bond acceptors (Lipinski definition) is 4. The molecule has 0 aromatic carbocycles. The maximum atomic E-state index is 12.7. The highest BCUT2D eigenvalue weighted by atomic mass is 19.4. The van der Waals surface area contributed by atoms with Gasteiger partial charge in [-0.05, 0) is 45.6 Å². The number of rotatable bonds is 4. The van der Waals surface area contributed by atoms with Crippen LogP contribution in [0.4, 0.5) is 18.0 Å². The van der Waals surface area contributed by atoms with Crippen LogP contribution in [0.2, 0.25) is 0 Å². The Kier molecular flexibility index (Phi) is 6.10. The van der Waals surface area contributed by atoms with Crippen molar-refractivity contribution in [1.82, 2.24) is 5.32 Å². The van der Waals surface area contributed by atoms with Gasteiger partial charge < -0.3 is 19.9 Å². The highest BCUT2D eigenvalue weighted by molar-refractivity contribution is 5.68. The molecular weight excluding hydrogens is 303 g/mol. The van der Waals surface area contributed by atoms with Gasteiger partial charge in [0.15, 0.2) is 0 Å². The summed E-state index contributed by atoms with van der Waals surface area (Å²) in [6.45, 7) is 4.07. The minimum Gasteiger partial charge on any atom is -0.510 e. The van der Waals surface area contributed by atoms with Crippen molar-refractivity contribution in [2.45, 2.75) is 51.4 Å². The third-order valence-corrected chi connectivity index (χ3v) is 3.66. The normalized spacial score (nSPS) is 19.6. The first-order valence-electron chi connectivity index (χ1n) is 7.07. The molecule has 1 rings (SSSR count). The summed E-state index contributed by atoms with van der Waals surface area (Å²) in [5.74, 6) is -0.222. The van der Waals surface area contributed by atoms with Gasteiger partial charge in [0, 0.05) is 13.2 Å². The second-order valence-corrected chi connectivity index (χ2v) is 5.68. The molecule has 1 aliphatic rings. The molecule has 1 fully saturated rings. The van der Waals surface area contributed by atoms with Gasteiger partial charge in [-0.15, -0.1) is 0 Å². The van der Waals surface area contributed by atoms with Gasteiger partial charge in [0.2, 0.25) is 5.60 Å². The minimum absolute atomic E-state index is 0.103. The SMILES string of the molecule is C/C=C(\O)[C@@H](NC(=O)OC(C)(C)C(F)(F)F)C1CCOCC1. The van der Waals surface area contributed by atoms with Crippen LogP contribution in [0.3, 0.4) is 0 Å². The van der Waals surface area contributed by atoms with E-state index in [1.165, 1.54) is 6.08 Å².